The summed E-state index contributed by atoms with van der Waals surface area (Å²) >= 11 is 11.9. The molecule has 1 aromatic carbocycles. The van der Waals surface area contributed by atoms with Crippen LogP contribution in [0.15, 0.2) is 41.7 Å². The quantitative estimate of drug-likeness (QED) is 0.714. The van der Waals surface area contributed by atoms with Gasteiger partial charge in [-0.05, 0) is 24.6 Å². The van der Waals surface area contributed by atoms with Crippen LogP contribution in [0.4, 0.5) is 5.69 Å². The van der Waals surface area contributed by atoms with E-state index in [0.29, 0.717) is 28.0 Å². The molecule has 0 saturated heterocycles. The molecule has 0 saturated carbocycles. The van der Waals surface area contributed by atoms with Gasteiger partial charge >= 0.3 is 0 Å². The Kier molecular flexibility index (Phi) is 4.77. The van der Waals surface area contributed by atoms with Crippen LogP contribution < -0.4 is 4.72 Å². The lowest BCUT2D eigenvalue weighted by Gasteiger charge is -2.05. The molecule has 7 nitrogen and oxygen atoms in total. The fourth-order valence-corrected chi connectivity index (χ4v) is 3.95. The lowest BCUT2D eigenvalue weighted by Crippen LogP contribution is -2.13. The summed E-state index contributed by atoms with van der Waals surface area (Å²) in [6.07, 6.45) is 4.50. The van der Waals surface area contributed by atoms with E-state index in [-0.39, 0.29) is 4.90 Å². The molecule has 0 aliphatic rings. The van der Waals surface area contributed by atoms with E-state index in [0.717, 1.165) is 5.56 Å². The van der Waals surface area contributed by atoms with Gasteiger partial charge in [-0.2, -0.15) is 10.2 Å². The van der Waals surface area contributed by atoms with E-state index in [1.807, 2.05) is 6.07 Å². The topological polar surface area (TPSA) is 81.8 Å². The van der Waals surface area contributed by atoms with Gasteiger partial charge in [-0.1, -0.05) is 29.3 Å². The van der Waals surface area contributed by atoms with Crippen LogP contribution in [-0.2, 0) is 23.6 Å². The average Bonchev–Trinajstić information content (AvgIpc) is 3.09. The van der Waals surface area contributed by atoms with Crippen LogP contribution in [0, 0.1) is 6.92 Å². The van der Waals surface area contributed by atoms with Gasteiger partial charge in [-0.15, -0.1) is 0 Å². The van der Waals surface area contributed by atoms with Crippen molar-refractivity contribution in [3.8, 4) is 0 Å². The van der Waals surface area contributed by atoms with Crippen LogP contribution in [0.1, 0.15) is 11.3 Å². The zero-order chi connectivity index (χ0) is 18.2. The van der Waals surface area contributed by atoms with Gasteiger partial charge in [-0.3, -0.25) is 14.1 Å². The molecule has 0 atom stereocenters. The normalized spacial score (nSPS) is 11.7. The van der Waals surface area contributed by atoms with Crippen LogP contribution in [0.25, 0.3) is 0 Å². The number of aryl methyl sites for hydroxylation is 2. The molecule has 0 fully saturated rings. The van der Waals surface area contributed by atoms with Gasteiger partial charge in [0.15, 0.2) is 0 Å². The number of rotatable bonds is 5. The van der Waals surface area contributed by atoms with Crippen LogP contribution in [0.2, 0.25) is 10.0 Å². The van der Waals surface area contributed by atoms with Crippen molar-refractivity contribution in [2.75, 3.05) is 4.72 Å². The van der Waals surface area contributed by atoms with E-state index in [1.54, 1.807) is 37.0 Å². The Morgan fingerprint density at radius 2 is 1.96 bits per heavy atom. The second kappa shape index (κ2) is 6.70. The number of benzene rings is 1. The minimum absolute atomic E-state index is 0.132. The van der Waals surface area contributed by atoms with Crippen LogP contribution >= 0.6 is 23.2 Å². The molecular formula is C15H15Cl2N5O2S. The van der Waals surface area contributed by atoms with Crippen molar-refractivity contribution in [2.45, 2.75) is 18.4 Å². The number of nitrogens with zero attached hydrogens (tertiary/aromatic N) is 4. The van der Waals surface area contributed by atoms with Gasteiger partial charge in [0, 0.05) is 19.4 Å². The van der Waals surface area contributed by atoms with Gasteiger partial charge < -0.3 is 0 Å². The molecule has 0 spiro atoms. The highest BCUT2D eigenvalue weighted by Gasteiger charge is 2.20. The van der Waals surface area contributed by atoms with Crippen LogP contribution in [0.5, 0.6) is 0 Å². The summed E-state index contributed by atoms with van der Waals surface area (Å²) in [4.78, 5) is 0.132. The number of nitrogens with one attached hydrogen (secondary N) is 1. The van der Waals surface area contributed by atoms with Crippen LogP contribution in [0.3, 0.4) is 0 Å². The lowest BCUT2D eigenvalue weighted by atomic mass is 10.2. The molecule has 10 heteroatoms. The third-order valence-corrected chi connectivity index (χ3v) is 5.70. The fourth-order valence-electron chi connectivity index (χ4n) is 2.38. The van der Waals surface area contributed by atoms with Gasteiger partial charge in [-0.25, -0.2) is 8.42 Å². The maximum absolute atomic E-state index is 12.5. The van der Waals surface area contributed by atoms with E-state index in [2.05, 4.69) is 14.9 Å². The first kappa shape index (κ1) is 17.8. The molecule has 2 heterocycles. The predicted octanol–water partition coefficient (Wildman–Crippen LogP) is 3.08. The maximum Gasteiger partial charge on any atom is 0.265 e. The lowest BCUT2D eigenvalue weighted by molar-refractivity contribution is 0.600. The van der Waals surface area contributed by atoms with Crippen molar-refractivity contribution in [1.82, 2.24) is 19.6 Å². The second-order valence-electron chi connectivity index (χ2n) is 5.53. The molecule has 0 aliphatic carbocycles. The van der Waals surface area contributed by atoms with E-state index in [9.17, 15) is 8.42 Å². The standard InChI is InChI=1S/C15H15Cl2N5O2S/c1-10-15(9-21(2)19-10)25(23,24)20-12-6-18-22(8-12)7-11-3-4-13(16)14(17)5-11/h3-6,8-9,20H,7H2,1-2H3. The first-order chi connectivity index (χ1) is 11.7. The van der Waals surface area contributed by atoms with Gasteiger partial charge in [0.2, 0.25) is 0 Å². The van der Waals surface area contributed by atoms with Gasteiger partial charge in [0.25, 0.3) is 10.0 Å². The largest absolute Gasteiger partial charge is 0.276 e. The van der Waals surface area contributed by atoms with Crippen molar-refractivity contribution in [1.29, 1.82) is 0 Å². The number of hydrogen-bond donors (Lipinski definition) is 1. The molecule has 1 N–H and O–H groups in total. The number of hydrogen-bond acceptors (Lipinski definition) is 4. The van der Waals surface area contributed by atoms with E-state index < -0.39 is 10.0 Å². The van der Waals surface area contributed by atoms with E-state index >= 15 is 0 Å². The first-order valence-electron chi connectivity index (χ1n) is 7.24. The summed E-state index contributed by atoms with van der Waals surface area (Å²) in [5.74, 6) is 0. The molecule has 25 heavy (non-hydrogen) atoms. The second-order valence-corrected chi connectivity index (χ2v) is 8.00. The number of sulfonamides is 1. The number of anilines is 1. The minimum Gasteiger partial charge on any atom is -0.276 e. The highest BCUT2D eigenvalue weighted by molar-refractivity contribution is 7.92. The van der Waals surface area contributed by atoms with Crippen molar-refractivity contribution in [2.24, 2.45) is 7.05 Å². The Bertz CT molecular complexity index is 1030. The molecule has 0 aliphatic heterocycles. The van der Waals surface area contributed by atoms with Crippen molar-refractivity contribution < 1.29 is 8.42 Å². The zero-order valence-corrected chi connectivity index (χ0v) is 15.8. The van der Waals surface area contributed by atoms with E-state index in [1.165, 1.54) is 17.1 Å². The molecule has 0 amide bonds. The predicted molar refractivity (Wildman–Crippen MR) is 96.5 cm³/mol. The van der Waals surface area contributed by atoms with Gasteiger partial charge in [0.1, 0.15) is 4.90 Å². The molecule has 0 bridgehead atoms. The third-order valence-electron chi connectivity index (χ3n) is 3.47. The highest BCUT2D eigenvalue weighted by atomic mass is 35.5. The molecular weight excluding hydrogens is 385 g/mol. The Morgan fingerprint density at radius 3 is 2.60 bits per heavy atom. The van der Waals surface area contributed by atoms with Crippen molar-refractivity contribution in [3.63, 3.8) is 0 Å². The average molecular weight is 400 g/mol. The first-order valence-corrected chi connectivity index (χ1v) is 9.48. The molecule has 3 aromatic rings. The SMILES string of the molecule is Cc1nn(C)cc1S(=O)(=O)Nc1cnn(Cc2ccc(Cl)c(Cl)c2)c1. The van der Waals surface area contributed by atoms with Crippen molar-refractivity contribution in [3.05, 3.63) is 58.1 Å². The molecule has 132 valence electrons. The summed E-state index contributed by atoms with van der Waals surface area (Å²) in [5.41, 5.74) is 1.69. The Labute approximate surface area is 155 Å². The summed E-state index contributed by atoms with van der Waals surface area (Å²) in [6, 6.07) is 5.28. The molecule has 3 rings (SSSR count). The molecule has 2 aromatic heterocycles. The Hall–Kier alpha value is -2.03. The molecule has 0 radical (unpaired) electrons. The van der Waals surface area contributed by atoms with Gasteiger partial charge in [0.05, 0.1) is 34.2 Å². The third kappa shape index (κ3) is 3.97. The summed E-state index contributed by atoms with van der Waals surface area (Å²) in [7, 11) is -2.05. The Morgan fingerprint density at radius 1 is 1.20 bits per heavy atom. The summed E-state index contributed by atoms with van der Waals surface area (Å²) in [6.45, 7) is 2.08. The highest BCUT2D eigenvalue weighted by Crippen LogP contribution is 2.23. The zero-order valence-electron chi connectivity index (χ0n) is 13.4. The number of aromatic nitrogens is 4. The smallest absolute Gasteiger partial charge is 0.265 e. The minimum atomic E-state index is -3.72. The van der Waals surface area contributed by atoms with Crippen LogP contribution in [-0.4, -0.2) is 28.0 Å². The summed E-state index contributed by atoms with van der Waals surface area (Å²) in [5, 5.41) is 9.15. The fraction of sp³-hybridized carbons (Fsp3) is 0.200. The number of halogens is 2. The molecule has 0 unspecified atom stereocenters. The summed E-state index contributed by atoms with van der Waals surface area (Å²) < 4.78 is 30.5. The Balaban J connectivity index is 1.77. The maximum atomic E-state index is 12.5. The van der Waals surface area contributed by atoms with E-state index in [4.69, 9.17) is 23.2 Å². The van der Waals surface area contributed by atoms with Crippen molar-refractivity contribution >= 4 is 38.9 Å². The monoisotopic (exact) mass is 399 g/mol.